The van der Waals surface area contributed by atoms with Crippen LogP contribution >= 0.6 is 11.8 Å². The van der Waals surface area contributed by atoms with Crippen molar-refractivity contribution in [2.45, 2.75) is 23.9 Å². The molecule has 19 heavy (non-hydrogen) atoms. The van der Waals surface area contributed by atoms with Crippen molar-refractivity contribution < 1.29 is 5.11 Å². The fourth-order valence-electron chi connectivity index (χ4n) is 2.01. The van der Waals surface area contributed by atoms with Gasteiger partial charge in [0.25, 0.3) is 0 Å². The zero-order valence-electron chi connectivity index (χ0n) is 11.6. The topological polar surface area (TPSA) is 39.3 Å². The monoisotopic (exact) mass is 274 g/mol. The lowest BCUT2D eigenvalue weighted by molar-refractivity contribution is -0.00352. The minimum Gasteiger partial charge on any atom is -0.385 e. The number of fused-ring (bicyclic) bond motifs is 1. The molecule has 2 N–H and O–H groups in total. The van der Waals surface area contributed by atoms with Gasteiger partial charge in [0.05, 0.1) is 5.62 Å². The van der Waals surface area contributed by atoms with Crippen LogP contribution in [-0.4, -0.2) is 48.3 Å². The lowest BCUT2D eigenvalue weighted by Crippen LogP contribution is -2.45. The van der Waals surface area contributed by atoms with E-state index < -0.39 is 5.62 Å². The van der Waals surface area contributed by atoms with Gasteiger partial charge in [-0.05, 0) is 50.4 Å². The second-order valence-electron chi connectivity index (χ2n) is 4.99. The predicted molar refractivity (Wildman–Crippen MR) is 82.8 cm³/mol. The van der Waals surface area contributed by atoms with Crippen LogP contribution in [0.3, 0.4) is 0 Å². The number of H-pyrrole nitrogens is 1. The zero-order chi connectivity index (χ0) is 14.0. The summed E-state index contributed by atoms with van der Waals surface area (Å²) in [6, 6.07) is 6.42. The number of hydrogen-bond acceptors (Lipinski definition) is 3. The highest BCUT2D eigenvalue weighted by Crippen LogP contribution is 2.25. The summed E-state index contributed by atoms with van der Waals surface area (Å²) < 4.78 is 0. The Labute approximate surface area is 119 Å². The molecule has 2 aromatic rings. The largest absolute Gasteiger partial charge is 0.385 e. The lowest BCUT2D eigenvalue weighted by Gasteiger charge is -2.30. The Bertz CT molecular complexity index is 562. The average molecular weight is 274 g/mol. The molecule has 100 valence electrons. The van der Waals surface area contributed by atoms with Crippen molar-refractivity contribution in [3.63, 3.8) is 0 Å². The Kier molecular flexibility index (Phi) is 4.28. The molecule has 1 aromatic heterocycles. The first-order valence-electron chi connectivity index (χ1n) is 6.28. The van der Waals surface area contributed by atoms with Crippen LogP contribution in [0.1, 0.15) is 12.5 Å². The molecule has 0 amide bonds. The van der Waals surface area contributed by atoms with E-state index in [4.69, 9.17) is 7.85 Å². The number of aromatic nitrogens is 1. The molecule has 0 spiro atoms. The van der Waals surface area contributed by atoms with Gasteiger partial charge in [-0.25, -0.2) is 0 Å². The van der Waals surface area contributed by atoms with Gasteiger partial charge in [-0.15, -0.1) is 11.8 Å². The third-order valence-corrected chi connectivity index (χ3v) is 4.19. The number of hydrogen-bond donors (Lipinski definition) is 2. The van der Waals surface area contributed by atoms with Crippen molar-refractivity contribution in [2.75, 3.05) is 19.8 Å². The van der Waals surface area contributed by atoms with Gasteiger partial charge in [0.2, 0.25) is 0 Å². The number of aliphatic hydroxyl groups is 1. The fraction of sp³-hybridized carbons (Fsp3) is 0.429. The van der Waals surface area contributed by atoms with E-state index in [0.717, 1.165) is 11.9 Å². The molecule has 1 aromatic carbocycles. The summed E-state index contributed by atoms with van der Waals surface area (Å²) in [6.45, 7) is 2.30. The van der Waals surface area contributed by atoms with Gasteiger partial charge >= 0.3 is 0 Å². The van der Waals surface area contributed by atoms with Crippen molar-refractivity contribution in [1.82, 2.24) is 9.88 Å². The molecule has 2 rings (SSSR count). The van der Waals surface area contributed by atoms with E-state index in [0.29, 0.717) is 6.54 Å². The molecule has 1 unspecified atom stereocenters. The van der Waals surface area contributed by atoms with E-state index in [9.17, 15) is 5.11 Å². The van der Waals surface area contributed by atoms with Crippen molar-refractivity contribution in [2.24, 2.45) is 0 Å². The maximum absolute atomic E-state index is 9.70. The molecule has 0 saturated carbocycles. The zero-order valence-corrected chi connectivity index (χ0v) is 12.4. The SMILES string of the molecule is [B]C(C)(O)N(C)CCc1c[nH]c2ccc(SC)cc12. The third kappa shape index (κ3) is 3.35. The van der Waals surface area contributed by atoms with Crippen LogP contribution in [0.4, 0.5) is 0 Å². The van der Waals surface area contributed by atoms with Crippen LogP contribution in [0.2, 0.25) is 0 Å². The van der Waals surface area contributed by atoms with Gasteiger partial charge in [0.1, 0.15) is 7.85 Å². The standard InChI is InChI=1S/C14H19BN2OS/c1-14(15,18)17(2)7-6-10-9-16-13-5-4-11(19-3)8-12(10)13/h4-5,8-9,16,18H,6-7H2,1-3H3. The van der Waals surface area contributed by atoms with Crippen LogP contribution in [0, 0.1) is 0 Å². The van der Waals surface area contributed by atoms with Crippen molar-refractivity contribution in [1.29, 1.82) is 0 Å². The number of benzene rings is 1. The van der Waals surface area contributed by atoms with E-state index in [2.05, 4.69) is 29.4 Å². The smallest absolute Gasteiger partial charge is 0.135 e. The Morgan fingerprint density at radius 2 is 2.21 bits per heavy atom. The number of thioether (sulfide) groups is 1. The molecule has 1 atom stereocenters. The second kappa shape index (κ2) is 5.61. The molecule has 0 aliphatic rings. The van der Waals surface area contributed by atoms with Gasteiger partial charge in [-0.1, -0.05) is 0 Å². The lowest BCUT2D eigenvalue weighted by atomic mass is 9.91. The molecule has 2 radical (unpaired) electrons. The molecular weight excluding hydrogens is 255 g/mol. The van der Waals surface area contributed by atoms with Crippen molar-refractivity contribution >= 4 is 30.5 Å². The van der Waals surface area contributed by atoms with Crippen molar-refractivity contribution in [3.8, 4) is 0 Å². The van der Waals surface area contributed by atoms with Crippen LogP contribution in [-0.2, 0) is 6.42 Å². The van der Waals surface area contributed by atoms with Crippen LogP contribution in [0.15, 0.2) is 29.3 Å². The first kappa shape index (κ1) is 14.5. The Balaban J connectivity index is 2.17. The Hall–Kier alpha value is -0.905. The molecule has 0 saturated heterocycles. The van der Waals surface area contributed by atoms with E-state index >= 15 is 0 Å². The second-order valence-corrected chi connectivity index (χ2v) is 5.87. The number of rotatable bonds is 5. The van der Waals surface area contributed by atoms with E-state index in [-0.39, 0.29) is 0 Å². The Morgan fingerprint density at radius 1 is 1.47 bits per heavy atom. The molecule has 1 heterocycles. The van der Waals surface area contributed by atoms with Crippen molar-refractivity contribution in [3.05, 3.63) is 30.0 Å². The first-order valence-corrected chi connectivity index (χ1v) is 7.51. The number of aromatic amines is 1. The van der Waals surface area contributed by atoms with Gasteiger partial charge in [0, 0.05) is 28.5 Å². The predicted octanol–water partition coefficient (Wildman–Crippen LogP) is 2.20. The molecule has 5 heteroatoms. The highest BCUT2D eigenvalue weighted by molar-refractivity contribution is 7.98. The van der Waals surface area contributed by atoms with Crippen LogP contribution in [0.5, 0.6) is 0 Å². The summed E-state index contributed by atoms with van der Waals surface area (Å²) in [4.78, 5) is 6.28. The molecule has 0 aliphatic carbocycles. The summed E-state index contributed by atoms with van der Waals surface area (Å²) in [5.74, 6) is 0. The van der Waals surface area contributed by atoms with Gasteiger partial charge < -0.3 is 10.1 Å². The molecule has 0 fully saturated rings. The molecule has 0 bridgehead atoms. The molecular formula is C14H19BN2OS. The highest BCUT2D eigenvalue weighted by atomic mass is 32.2. The number of likely N-dealkylation sites (N-methyl/N-ethyl adjacent to an activating group) is 1. The fourth-order valence-corrected chi connectivity index (χ4v) is 2.45. The summed E-state index contributed by atoms with van der Waals surface area (Å²) in [7, 11) is 7.47. The summed E-state index contributed by atoms with van der Waals surface area (Å²) in [5, 5.41) is 10.9. The molecule has 0 aliphatic heterocycles. The van der Waals surface area contributed by atoms with E-state index in [1.807, 2.05) is 13.2 Å². The maximum Gasteiger partial charge on any atom is 0.135 e. The number of nitrogens with one attached hydrogen (secondary N) is 1. The summed E-state index contributed by atoms with van der Waals surface area (Å²) in [6.07, 6.45) is 4.96. The highest BCUT2D eigenvalue weighted by Gasteiger charge is 2.18. The van der Waals surface area contributed by atoms with Crippen LogP contribution in [0.25, 0.3) is 10.9 Å². The first-order chi connectivity index (χ1) is 8.91. The van der Waals surface area contributed by atoms with E-state index in [1.54, 1.807) is 23.6 Å². The molecule has 3 nitrogen and oxygen atoms in total. The quantitative estimate of drug-likeness (QED) is 0.499. The Morgan fingerprint density at radius 3 is 2.84 bits per heavy atom. The van der Waals surface area contributed by atoms with Gasteiger partial charge in [-0.3, -0.25) is 4.90 Å². The third-order valence-electron chi connectivity index (χ3n) is 3.46. The average Bonchev–Trinajstić information content (AvgIpc) is 2.76. The van der Waals surface area contributed by atoms with E-state index in [1.165, 1.54) is 15.8 Å². The number of nitrogens with zero attached hydrogens (tertiary/aromatic N) is 1. The summed E-state index contributed by atoms with van der Waals surface area (Å²) >= 11 is 1.74. The minimum atomic E-state index is -1.27. The minimum absolute atomic E-state index is 0.708. The van der Waals surface area contributed by atoms with Crippen LogP contribution < -0.4 is 0 Å². The summed E-state index contributed by atoms with van der Waals surface area (Å²) in [5.41, 5.74) is 1.13. The maximum atomic E-state index is 9.70. The normalized spacial score (nSPS) is 15.0. The van der Waals surface area contributed by atoms with Gasteiger partial charge in [0.15, 0.2) is 0 Å². The van der Waals surface area contributed by atoms with Gasteiger partial charge in [-0.2, -0.15) is 0 Å².